The van der Waals surface area contributed by atoms with E-state index in [0.29, 0.717) is 12.7 Å². The van der Waals surface area contributed by atoms with Crippen LogP contribution in [-0.2, 0) is 11.3 Å². The molecule has 5 nitrogen and oxygen atoms in total. The van der Waals surface area contributed by atoms with E-state index in [1.807, 2.05) is 30.3 Å². The van der Waals surface area contributed by atoms with Crippen molar-refractivity contribution in [3.8, 4) is 5.75 Å². The largest absolute Gasteiger partial charge is 0.482 e. The normalized spacial score (nSPS) is 12.0. The molecule has 2 aromatic rings. The van der Waals surface area contributed by atoms with Gasteiger partial charge in [0.25, 0.3) is 0 Å². The number of rotatable bonds is 7. The molecule has 2 rings (SSSR count). The van der Waals surface area contributed by atoms with Gasteiger partial charge in [0.15, 0.2) is 5.82 Å². The number of nitrogens with zero attached hydrogens (tertiary/aromatic N) is 1. The molecular weight excluding hydrogens is 308 g/mol. The van der Waals surface area contributed by atoms with E-state index in [4.69, 9.17) is 9.47 Å². The van der Waals surface area contributed by atoms with Gasteiger partial charge in [-0.2, -0.15) is 4.39 Å². The lowest BCUT2D eigenvalue weighted by Gasteiger charge is -2.15. The highest BCUT2D eigenvalue weighted by atomic mass is 19.2. The van der Waals surface area contributed by atoms with E-state index in [0.717, 1.165) is 11.6 Å². The number of halogens is 2. The first-order valence-corrected chi connectivity index (χ1v) is 6.89. The summed E-state index contributed by atoms with van der Waals surface area (Å²) in [5, 5.41) is 10.8. The summed E-state index contributed by atoms with van der Waals surface area (Å²) in [4.78, 5) is 10.0. The molecule has 7 heteroatoms. The van der Waals surface area contributed by atoms with Gasteiger partial charge in [0, 0.05) is 6.07 Å². The van der Waals surface area contributed by atoms with E-state index in [9.17, 15) is 18.9 Å². The number of nitro benzene ring substituents is 1. The number of hydrogen-bond donors (Lipinski definition) is 0. The maximum atomic E-state index is 13.7. The predicted molar refractivity (Wildman–Crippen MR) is 79.2 cm³/mol. The second kappa shape index (κ2) is 7.64. The van der Waals surface area contributed by atoms with Crippen molar-refractivity contribution >= 4 is 5.69 Å². The van der Waals surface area contributed by atoms with Crippen LogP contribution >= 0.6 is 0 Å². The van der Waals surface area contributed by atoms with Crippen LogP contribution in [0.3, 0.4) is 0 Å². The fourth-order valence-electron chi connectivity index (χ4n) is 1.86. The van der Waals surface area contributed by atoms with Crippen LogP contribution in [0, 0.1) is 21.7 Å². The zero-order chi connectivity index (χ0) is 16.8. The summed E-state index contributed by atoms with van der Waals surface area (Å²) in [6.07, 6.45) is -0.461. The molecule has 2 aromatic carbocycles. The van der Waals surface area contributed by atoms with Crippen LogP contribution in [0.2, 0.25) is 0 Å². The Morgan fingerprint density at radius 1 is 1.17 bits per heavy atom. The van der Waals surface area contributed by atoms with Crippen LogP contribution in [0.5, 0.6) is 5.75 Å². The fourth-order valence-corrected chi connectivity index (χ4v) is 1.86. The minimum Gasteiger partial charge on any atom is -0.482 e. The first kappa shape index (κ1) is 16.8. The van der Waals surface area contributed by atoms with Gasteiger partial charge in [0.05, 0.1) is 17.6 Å². The quantitative estimate of drug-likeness (QED) is 0.573. The van der Waals surface area contributed by atoms with Gasteiger partial charge in [0.2, 0.25) is 11.6 Å². The Morgan fingerprint density at radius 3 is 2.52 bits per heavy atom. The maximum Gasteiger partial charge on any atom is 0.314 e. The molecule has 1 atom stereocenters. The summed E-state index contributed by atoms with van der Waals surface area (Å²) < 4.78 is 37.5. The monoisotopic (exact) mass is 323 g/mol. The summed E-state index contributed by atoms with van der Waals surface area (Å²) in [6, 6.07) is 10.9. The molecule has 0 bridgehead atoms. The summed E-state index contributed by atoms with van der Waals surface area (Å²) in [5.74, 6) is -3.30. The van der Waals surface area contributed by atoms with Crippen molar-refractivity contribution in [1.82, 2.24) is 0 Å². The Morgan fingerprint density at radius 2 is 1.87 bits per heavy atom. The lowest BCUT2D eigenvalue weighted by Crippen LogP contribution is -2.19. The first-order valence-electron chi connectivity index (χ1n) is 6.89. The molecule has 0 spiro atoms. The van der Waals surface area contributed by atoms with Crippen LogP contribution in [0.15, 0.2) is 42.5 Å². The minimum absolute atomic E-state index is 0.145. The van der Waals surface area contributed by atoms with Crippen LogP contribution in [-0.4, -0.2) is 17.6 Å². The molecule has 0 saturated carbocycles. The van der Waals surface area contributed by atoms with Crippen molar-refractivity contribution in [3.05, 3.63) is 69.8 Å². The topological polar surface area (TPSA) is 61.6 Å². The van der Waals surface area contributed by atoms with Crippen LogP contribution in [0.1, 0.15) is 12.5 Å². The van der Waals surface area contributed by atoms with Gasteiger partial charge in [0.1, 0.15) is 6.61 Å². The van der Waals surface area contributed by atoms with E-state index in [1.165, 1.54) is 0 Å². The Balaban J connectivity index is 1.97. The Bertz CT molecular complexity index is 679. The van der Waals surface area contributed by atoms with E-state index in [-0.39, 0.29) is 6.61 Å². The second-order valence-corrected chi connectivity index (χ2v) is 4.88. The molecule has 0 N–H and O–H groups in total. The molecule has 0 aliphatic carbocycles. The summed E-state index contributed by atoms with van der Waals surface area (Å²) in [5.41, 5.74) is 0.321. The van der Waals surface area contributed by atoms with Crippen LogP contribution in [0.4, 0.5) is 14.5 Å². The Labute approximate surface area is 131 Å². The zero-order valence-corrected chi connectivity index (χ0v) is 12.4. The van der Waals surface area contributed by atoms with Gasteiger partial charge in [-0.1, -0.05) is 30.3 Å². The SMILES string of the molecule is CC(COc1c([N+](=O)[O-])ccc(F)c1F)OCc1ccccc1. The molecule has 0 heterocycles. The maximum absolute atomic E-state index is 13.7. The summed E-state index contributed by atoms with van der Waals surface area (Å²) >= 11 is 0. The lowest BCUT2D eigenvalue weighted by atomic mass is 10.2. The van der Waals surface area contributed by atoms with Crippen molar-refractivity contribution in [2.24, 2.45) is 0 Å². The molecule has 0 radical (unpaired) electrons. The van der Waals surface area contributed by atoms with E-state index in [1.54, 1.807) is 6.92 Å². The summed E-state index contributed by atoms with van der Waals surface area (Å²) in [7, 11) is 0. The molecule has 122 valence electrons. The number of benzene rings is 2. The number of hydrogen-bond acceptors (Lipinski definition) is 4. The summed E-state index contributed by atoms with van der Waals surface area (Å²) in [6.45, 7) is 1.85. The second-order valence-electron chi connectivity index (χ2n) is 4.88. The fraction of sp³-hybridized carbons (Fsp3) is 0.250. The lowest BCUT2D eigenvalue weighted by molar-refractivity contribution is -0.386. The zero-order valence-electron chi connectivity index (χ0n) is 12.4. The van der Waals surface area contributed by atoms with Crippen molar-refractivity contribution < 1.29 is 23.2 Å². The number of ether oxygens (including phenoxy) is 2. The van der Waals surface area contributed by atoms with Gasteiger partial charge in [-0.15, -0.1) is 0 Å². The van der Waals surface area contributed by atoms with Crippen molar-refractivity contribution in [2.75, 3.05) is 6.61 Å². The average molecular weight is 323 g/mol. The third-order valence-electron chi connectivity index (χ3n) is 3.07. The molecule has 0 amide bonds. The molecule has 0 saturated heterocycles. The van der Waals surface area contributed by atoms with Gasteiger partial charge < -0.3 is 9.47 Å². The first-order chi connectivity index (χ1) is 11.0. The Hall–Kier alpha value is -2.54. The van der Waals surface area contributed by atoms with Crippen LogP contribution < -0.4 is 4.74 Å². The molecule has 0 aromatic heterocycles. The Kier molecular flexibility index (Phi) is 5.59. The van der Waals surface area contributed by atoms with Gasteiger partial charge in [-0.25, -0.2) is 4.39 Å². The molecule has 0 fully saturated rings. The third kappa shape index (κ3) is 4.46. The standard InChI is InChI=1S/C16H15F2NO4/c1-11(22-10-12-5-3-2-4-6-12)9-23-16-14(19(20)21)8-7-13(17)15(16)18/h2-8,11H,9-10H2,1H3. The van der Waals surface area contributed by atoms with Gasteiger partial charge in [-0.3, -0.25) is 10.1 Å². The third-order valence-corrected chi connectivity index (χ3v) is 3.07. The van der Waals surface area contributed by atoms with E-state index >= 15 is 0 Å². The highest BCUT2D eigenvalue weighted by Crippen LogP contribution is 2.31. The minimum atomic E-state index is -1.38. The van der Waals surface area contributed by atoms with Crippen molar-refractivity contribution in [2.45, 2.75) is 19.6 Å². The van der Waals surface area contributed by atoms with Crippen LogP contribution in [0.25, 0.3) is 0 Å². The van der Waals surface area contributed by atoms with Crippen molar-refractivity contribution in [3.63, 3.8) is 0 Å². The number of nitro groups is 1. The molecule has 23 heavy (non-hydrogen) atoms. The molecule has 1 unspecified atom stereocenters. The van der Waals surface area contributed by atoms with E-state index < -0.39 is 34.1 Å². The smallest absolute Gasteiger partial charge is 0.314 e. The molecule has 0 aliphatic rings. The molecular formula is C16H15F2NO4. The average Bonchev–Trinajstić information content (AvgIpc) is 2.55. The van der Waals surface area contributed by atoms with Gasteiger partial charge in [-0.05, 0) is 18.6 Å². The van der Waals surface area contributed by atoms with E-state index in [2.05, 4.69) is 0 Å². The molecule has 0 aliphatic heterocycles. The highest BCUT2D eigenvalue weighted by molar-refractivity contribution is 5.47. The van der Waals surface area contributed by atoms with Crippen molar-refractivity contribution in [1.29, 1.82) is 0 Å². The predicted octanol–water partition coefficient (Wildman–Crippen LogP) is 3.86. The van der Waals surface area contributed by atoms with Gasteiger partial charge >= 0.3 is 5.69 Å². The highest BCUT2D eigenvalue weighted by Gasteiger charge is 2.23.